The summed E-state index contributed by atoms with van der Waals surface area (Å²) in [6.07, 6.45) is 4.04. The van der Waals surface area contributed by atoms with Gasteiger partial charge >= 0.3 is 0 Å². The van der Waals surface area contributed by atoms with Crippen LogP contribution in [0, 0.1) is 0 Å². The number of thiophene rings is 1. The molecule has 2 nitrogen and oxygen atoms in total. The van der Waals surface area contributed by atoms with Crippen LogP contribution in [0.3, 0.4) is 0 Å². The van der Waals surface area contributed by atoms with Gasteiger partial charge in [-0.25, -0.2) is 0 Å². The second-order valence-corrected chi connectivity index (χ2v) is 5.92. The Bertz CT molecular complexity index is 522. The first-order valence-corrected chi connectivity index (χ1v) is 7.46. The lowest BCUT2D eigenvalue weighted by atomic mass is 10.1. The Kier molecular flexibility index (Phi) is 3.64. The molecule has 1 heterocycles. The number of hydrogen-bond donors (Lipinski definition) is 1. The number of fused-ring (bicyclic) bond motifs is 1. The van der Waals surface area contributed by atoms with Crippen molar-refractivity contribution in [2.24, 2.45) is 0 Å². The second-order valence-electron chi connectivity index (χ2n) is 5.01. The molecule has 0 bridgehead atoms. The third-order valence-corrected chi connectivity index (χ3v) is 4.87. The molecule has 1 fully saturated rings. The quantitative estimate of drug-likeness (QED) is 0.908. The zero-order valence-corrected chi connectivity index (χ0v) is 11.5. The Labute approximate surface area is 112 Å². The van der Waals surface area contributed by atoms with E-state index in [1.54, 1.807) is 0 Å². The van der Waals surface area contributed by atoms with Crippen LogP contribution in [0.1, 0.15) is 24.8 Å². The summed E-state index contributed by atoms with van der Waals surface area (Å²) in [6, 6.07) is 9.26. The fourth-order valence-electron chi connectivity index (χ4n) is 2.76. The zero-order valence-electron chi connectivity index (χ0n) is 10.7. The summed E-state index contributed by atoms with van der Waals surface area (Å²) < 4.78 is 6.80. The number of hydrogen-bond acceptors (Lipinski definition) is 3. The van der Waals surface area contributed by atoms with Crippen molar-refractivity contribution in [3.63, 3.8) is 0 Å². The standard InChI is InChI=1S/C15H19NOS/c1-17-13-7-6-12(8-13)16-9-11-10-18-15-5-3-2-4-14(11)15/h2-5,10,12-13,16H,6-9H2,1H3. The van der Waals surface area contributed by atoms with E-state index in [4.69, 9.17) is 4.74 Å². The van der Waals surface area contributed by atoms with E-state index in [0.29, 0.717) is 12.1 Å². The van der Waals surface area contributed by atoms with E-state index in [2.05, 4.69) is 35.0 Å². The number of rotatable bonds is 4. The Balaban J connectivity index is 1.63. The highest BCUT2D eigenvalue weighted by atomic mass is 32.1. The van der Waals surface area contributed by atoms with E-state index in [9.17, 15) is 0 Å². The van der Waals surface area contributed by atoms with Gasteiger partial charge in [-0.1, -0.05) is 18.2 Å². The predicted octanol–water partition coefficient (Wildman–Crippen LogP) is 3.56. The van der Waals surface area contributed by atoms with E-state index >= 15 is 0 Å². The van der Waals surface area contributed by atoms with Crippen molar-refractivity contribution in [3.05, 3.63) is 35.2 Å². The van der Waals surface area contributed by atoms with Crippen molar-refractivity contribution in [1.82, 2.24) is 5.32 Å². The molecule has 0 spiro atoms. The molecule has 18 heavy (non-hydrogen) atoms. The highest BCUT2D eigenvalue weighted by molar-refractivity contribution is 7.17. The van der Waals surface area contributed by atoms with E-state index in [1.165, 1.54) is 28.5 Å². The van der Waals surface area contributed by atoms with Gasteiger partial charge in [0.15, 0.2) is 0 Å². The molecule has 1 aliphatic rings. The van der Waals surface area contributed by atoms with Gasteiger partial charge in [-0.2, -0.15) is 0 Å². The van der Waals surface area contributed by atoms with Crippen LogP contribution in [-0.2, 0) is 11.3 Å². The van der Waals surface area contributed by atoms with Crippen molar-refractivity contribution in [3.8, 4) is 0 Å². The van der Waals surface area contributed by atoms with Crippen molar-refractivity contribution in [2.75, 3.05) is 7.11 Å². The third-order valence-electron chi connectivity index (χ3n) is 3.86. The van der Waals surface area contributed by atoms with Crippen molar-refractivity contribution in [1.29, 1.82) is 0 Å². The number of nitrogens with one attached hydrogen (secondary N) is 1. The van der Waals surface area contributed by atoms with Crippen molar-refractivity contribution >= 4 is 21.4 Å². The first-order chi connectivity index (χ1) is 8.86. The molecule has 1 saturated carbocycles. The van der Waals surface area contributed by atoms with Gasteiger partial charge in [-0.05, 0) is 41.7 Å². The third kappa shape index (κ3) is 2.44. The van der Waals surface area contributed by atoms with Gasteiger partial charge in [0.1, 0.15) is 0 Å². The molecule has 3 heteroatoms. The number of benzene rings is 1. The predicted molar refractivity (Wildman–Crippen MR) is 77.1 cm³/mol. The van der Waals surface area contributed by atoms with E-state index in [-0.39, 0.29) is 0 Å². The average Bonchev–Trinajstić information content (AvgIpc) is 3.03. The van der Waals surface area contributed by atoms with Crippen LogP contribution < -0.4 is 5.32 Å². The SMILES string of the molecule is COC1CCC(NCc2csc3ccccc23)C1. The number of methoxy groups -OCH3 is 1. The summed E-state index contributed by atoms with van der Waals surface area (Å²) in [7, 11) is 1.82. The molecule has 3 rings (SSSR count). The molecule has 1 aromatic carbocycles. The lowest BCUT2D eigenvalue weighted by Crippen LogP contribution is -2.26. The van der Waals surface area contributed by atoms with Gasteiger partial charge in [0.05, 0.1) is 6.10 Å². The Morgan fingerprint density at radius 3 is 3.06 bits per heavy atom. The van der Waals surface area contributed by atoms with Crippen LogP contribution in [0.2, 0.25) is 0 Å². The molecule has 1 aromatic heterocycles. The smallest absolute Gasteiger partial charge is 0.0586 e. The van der Waals surface area contributed by atoms with Crippen LogP contribution in [-0.4, -0.2) is 19.3 Å². The van der Waals surface area contributed by atoms with Crippen LogP contribution in [0.5, 0.6) is 0 Å². The molecule has 96 valence electrons. The summed E-state index contributed by atoms with van der Waals surface area (Å²) in [5.41, 5.74) is 1.43. The molecule has 0 aliphatic heterocycles. The molecule has 2 aromatic rings. The monoisotopic (exact) mass is 261 g/mol. The van der Waals surface area contributed by atoms with Crippen LogP contribution in [0.4, 0.5) is 0 Å². The summed E-state index contributed by atoms with van der Waals surface area (Å²) in [6.45, 7) is 0.977. The zero-order chi connectivity index (χ0) is 12.4. The molecule has 2 atom stereocenters. The minimum absolute atomic E-state index is 0.460. The summed E-state index contributed by atoms with van der Waals surface area (Å²) >= 11 is 1.84. The summed E-state index contributed by atoms with van der Waals surface area (Å²) in [4.78, 5) is 0. The fourth-order valence-corrected chi connectivity index (χ4v) is 3.73. The Morgan fingerprint density at radius 2 is 2.22 bits per heavy atom. The molecule has 1 aliphatic carbocycles. The lowest BCUT2D eigenvalue weighted by molar-refractivity contribution is 0.107. The first-order valence-electron chi connectivity index (χ1n) is 6.58. The molecule has 0 amide bonds. The molecule has 0 saturated heterocycles. The van der Waals surface area contributed by atoms with Crippen LogP contribution >= 0.6 is 11.3 Å². The average molecular weight is 261 g/mol. The van der Waals surface area contributed by atoms with Gasteiger partial charge in [0, 0.05) is 24.4 Å². The maximum absolute atomic E-state index is 5.41. The Morgan fingerprint density at radius 1 is 1.33 bits per heavy atom. The minimum Gasteiger partial charge on any atom is -0.381 e. The normalized spacial score (nSPS) is 23.8. The van der Waals surface area contributed by atoms with Gasteiger partial charge in [-0.3, -0.25) is 0 Å². The second kappa shape index (κ2) is 5.39. The van der Waals surface area contributed by atoms with Gasteiger partial charge < -0.3 is 10.1 Å². The van der Waals surface area contributed by atoms with E-state index < -0.39 is 0 Å². The molecular weight excluding hydrogens is 242 g/mol. The molecule has 0 radical (unpaired) electrons. The minimum atomic E-state index is 0.460. The van der Waals surface area contributed by atoms with Crippen LogP contribution in [0.15, 0.2) is 29.6 Å². The number of ether oxygens (including phenoxy) is 1. The van der Waals surface area contributed by atoms with Crippen LogP contribution in [0.25, 0.3) is 10.1 Å². The van der Waals surface area contributed by atoms with Gasteiger partial charge in [0.2, 0.25) is 0 Å². The Hall–Kier alpha value is -0.900. The summed E-state index contributed by atoms with van der Waals surface area (Å²) in [5.74, 6) is 0. The lowest BCUT2D eigenvalue weighted by Gasteiger charge is -2.12. The topological polar surface area (TPSA) is 21.3 Å². The van der Waals surface area contributed by atoms with E-state index in [1.807, 2.05) is 18.4 Å². The highest BCUT2D eigenvalue weighted by Crippen LogP contribution is 2.26. The molecular formula is C15H19NOS. The first kappa shape index (κ1) is 12.2. The highest BCUT2D eigenvalue weighted by Gasteiger charge is 2.23. The summed E-state index contributed by atoms with van der Waals surface area (Å²) in [5, 5.41) is 7.34. The van der Waals surface area contributed by atoms with Gasteiger partial charge in [-0.15, -0.1) is 11.3 Å². The molecule has 1 N–H and O–H groups in total. The van der Waals surface area contributed by atoms with Gasteiger partial charge in [0.25, 0.3) is 0 Å². The maximum Gasteiger partial charge on any atom is 0.0586 e. The van der Waals surface area contributed by atoms with Crippen molar-refractivity contribution < 1.29 is 4.74 Å². The van der Waals surface area contributed by atoms with Crippen molar-refractivity contribution in [2.45, 2.75) is 38.0 Å². The maximum atomic E-state index is 5.41. The largest absolute Gasteiger partial charge is 0.381 e. The fraction of sp³-hybridized carbons (Fsp3) is 0.467. The van der Waals surface area contributed by atoms with E-state index in [0.717, 1.165) is 13.0 Å². The molecule has 2 unspecified atom stereocenters.